The van der Waals surface area contributed by atoms with Crippen LogP contribution in [0.25, 0.3) is 0 Å². The summed E-state index contributed by atoms with van der Waals surface area (Å²) >= 11 is 0. The third-order valence-electron chi connectivity index (χ3n) is 7.44. The second kappa shape index (κ2) is 15.9. The molecule has 4 rings (SSSR count). The lowest BCUT2D eigenvalue weighted by atomic mass is 9.86. The Morgan fingerprint density at radius 1 is 1.09 bits per heavy atom. The number of nitrogens with one attached hydrogen (secondary N) is 1. The number of pyridine rings is 1. The third kappa shape index (κ3) is 9.21. The van der Waals surface area contributed by atoms with Crippen molar-refractivity contribution < 1.29 is 46.8 Å². The van der Waals surface area contributed by atoms with Gasteiger partial charge in [-0.25, -0.2) is 18.6 Å². The van der Waals surface area contributed by atoms with Crippen molar-refractivity contribution in [2.45, 2.75) is 64.4 Å². The van der Waals surface area contributed by atoms with Crippen molar-refractivity contribution >= 4 is 17.8 Å². The molecule has 1 aliphatic rings. The molecular weight excluding hydrogens is 590 g/mol. The fourth-order valence-electron chi connectivity index (χ4n) is 5.23. The minimum absolute atomic E-state index is 0.0701. The predicted molar refractivity (Wildman–Crippen MR) is 157 cm³/mol. The Bertz CT molecular complexity index is 1470. The highest BCUT2D eigenvalue weighted by Crippen LogP contribution is 2.31. The van der Waals surface area contributed by atoms with Crippen LogP contribution in [0.4, 0.5) is 8.78 Å². The Kier molecular flexibility index (Phi) is 11.8. The molecule has 45 heavy (non-hydrogen) atoms. The molecule has 2 heterocycles. The summed E-state index contributed by atoms with van der Waals surface area (Å²) in [6, 6.07) is 13.3. The van der Waals surface area contributed by atoms with E-state index >= 15 is 0 Å². The van der Waals surface area contributed by atoms with Crippen molar-refractivity contribution in [3.8, 4) is 11.5 Å². The van der Waals surface area contributed by atoms with Crippen LogP contribution >= 0.6 is 0 Å². The lowest BCUT2D eigenvalue weighted by Crippen LogP contribution is -2.44. The molecule has 1 N–H and O–H groups in total. The molecule has 0 bridgehead atoms. The number of rotatable bonds is 11. The second-order valence-corrected chi connectivity index (χ2v) is 10.6. The summed E-state index contributed by atoms with van der Waals surface area (Å²) < 4.78 is 56.1. The first-order valence-corrected chi connectivity index (χ1v) is 14.6. The number of carbonyl (C=O) groups excluding carboxylic acids is 3. The average Bonchev–Trinajstić information content (AvgIpc) is 3.06. The van der Waals surface area contributed by atoms with E-state index in [1.165, 1.54) is 38.4 Å². The normalized spacial score (nSPS) is 20.2. The summed E-state index contributed by atoms with van der Waals surface area (Å²) in [4.78, 5) is 42.1. The maximum atomic E-state index is 14.7. The lowest BCUT2D eigenvalue weighted by molar-refractivity contribution is -0.161. The quantitative estimate of drug-likeness (QED) is 0.233. The molecule has 1 saturated heterocycles. The number of benzene rings is 2. The zero-order chi connectivity index (χ0) is 32.3. The van der Waals surface area contributed by atoms with Crippen molar-refractivity contribution in [3.05, 3.63) is 89.2 Å². The van der Waals surface area contributed by atoms with Crippen molar-refractivity contribution in [1.82, 2.24) is 10.3 Å². The number of esters is 2. The second-order valence-electron chi connectivity index (χ2n) is 10.6. The number of amides is 1. The van der Waals surface area contributed by atoms with Crippen LogP contribution < -0.4 is 14.8 Å². The van der Waals surface area contributed by atoms with Gasteiger partial charge < -0.3 is 29.0 Å². The van der Waals surface area contributed by atoms with Crippen LogP contribution in [0.3, 0.4) is 0 Å². The minimum atomic E-state index is -1.05. The van der Waals surface area contributed by atoms with Crippen LogP contribution in [0.1, 0.15) is 54.7 Å². The Morgan fingerprint density at radius 2 is 1.87 bits per heavy atom. The molecule has 240 valence electrons. The number of ether oxygens (including phenoxy) is 5. The van der Waals surface area contributed by atoms with E-state index in [9.17, 15) is 23.2 Å². The summed E-state index contributed by atoms with van der Waals surface area (Å²) in [6.45, 7) is 2.64. The van der Waals surface area contributed by atoms with Gasteiger partial charge in [-0.3, -0.25) is 9.59 Å². The van der Waals surface area contributed by atoms with Crippen LogP contribution in [0, 0.1) is 17.6 Å². The van der Waals surface area contributed by atoms with Gasteiger partial charge in [-0.1, -0.05) is 42.8 Å². The molecule has 3 aromatic rings. The SMILES string of the molecule is COc1ccnc(C(=O)NC2CCCC(Cc3ccc(F)cc3F)C(OCc3ccccc3)C(C)OC2=O)c1OCOC(C)=O. The Balaban J connectivity index is 1.54. The first kappa shape index (κ1) is 33.3. The van der Waals surface area contributed by atoms with E-state index in [2.05, 4.69) is 10.3 Å². The van der Waals surface area contributed by atoms with E-state index in [-0.39, 0.29) is 42.6 Å². The van der Waals surface area contributed by atoms with Gasteiger partial charge in [0.25, 0.3) is 5.91 Å². The lowest BCUT2D eigenvalue weighted by Gasteiger charge is -2.31. The van der Waals surface area contributed by atoms with Crippen LogP contribution in [-0.4, -0.2) is 55.0 Å². The van der Waals surface area contributed by atoms with Crippen LogP contribution in [0.5, 0.6) is 11.5 Å². The van der Waals surface area contributed by atoms with Crippen molar-refractivity contribution in [2.24, 2.45) is 5.92 Å². The van der Waals surface area contributed by atoms with Gasteiger partial charge in [-0.05, 0) is 49.3 Å². The highest BCUT2D eigenvalue weighted by Gasteiger charge is 2.36. The van der Waals surface area contributed by atoms with E-state index in [1.54, 1.807) is 6.92 Å². The smallest absolute Gasteiger partial charge is 0.329 e. The molecule has 0 saturated carbocycles. The number of aromatic nitrogens is 1. The molecule has 4 atom stereocenters. The predicted octanol–water partition coefficient (Wildman–Crippen LogP) is 4.93. The Labute approximate surface area is 260 Å². The largest absolute Gasteiger partial charge is 0.493 e. The monoisotopic (exact) mass is 626 g/mol. The number of hydrogen-bond donors (Lipinski definition) is 1. The maximum absolute atomic E-state index is 14.7. The van der Waals surface area contributed by atoms with Crippen LogP contribution in [0.15, 0.2) is 60.8 Å². The Morgan fingerprint density at radius 3 is 2.58 bits per heavy atom. The first-order valence-electron chi connectivity index (χ1n) is 14.6. The van der Waals surface area contributed by atoms with Crippen molar-refractivity contribution in [1.29, 1.82) is 0 Å². The molecule has 1 aromatic heterocycles. The number of methoxy groups -OCH3 is 1. The van der Waals surface area contributed by atoms with E-state index in [0.717, 1.165) is 11.6 Å². The standard InChI is InChI=1S/C33H36F2N2O8/c1-20-30(42-18-22-8-5-4-6-9-22)24(16-23-12-13-25(34)17-26(23)35)10-7-11-27(33(40)45-20)37-32(39)29-31(44-19-43-21(2)38)28(41-3)14-15-36-29/h4-6,8-9,12-15,17,20,24,27,30H,7,10-11,16,18-19H2,1-3H3,(H,37,39). The minimum Gasteiger partial charge on any atom is -0.493 e. The summed E-state index contributed by atoms with van der Waals surface area (Å²) in [5.41, 5.74) is 1.05. The fourth-order valence-corrected chi connectivity index (χ4v) is 5.23. The van der Waals surface area contributed by atoms with Gasteiger partial charge in [-0.2, -0.15) is 0 Å². The van der Waals surface area contributed by atoms with Gasteiger partial charge in [0.05, 0.1) is 19.8 Å². The fraction of sp³-hybridized carbons (Fsp3) is 0.394. The summed E-state index contributed by atoms with van der Waals surface area (Å²) in [5.74, 6) is -3.53. The zero-order valence-electron chi connectivity index (χ0n) is 25.3. The van der Waals surface area contributed by atoms with E-state index in [4.69, 9.17) is 23.7 Å². The molecule has 2 aromatic carbocycles. The number of nitrogens with zero attached hydrogens (tertiary/aromatic N) is 1. The van der Waals surface area contributed by atoms with Crippen molar-refractivity contribution in [3.63, 3.8) is 0 Å². The van der Waals surface area contributed by atoms with E-state index < -0.39 is 54.5 Å². The van der Waals surface area contributed by atoms with Crippen LogP contribution in [-0.2, 0) is 36.8 Å². The van der Waals surface area contributed by atoms with Gasteiger partial charge >= 0.3 is 11.9 Å². The number of carbonyl (C=O) groups is 3. The number of halogens is 2. The molecular formula is C33H36F2N2O8. The average molecular weight is 627 g/mol. The van der Waals surface area contributed by atoms with Crippen molar-refractivity contribution in [2.75, 3.05) is 13.9 Å². The van der Waals surface area contributed by atoms with Crippen LogP contribution in [0.2, 0.25) is 0 Å². The molecule has 1 aliphatic heterocycles. The number of cyclic esters (lactones) is 1. The highest BCUT2D eigenvalue weighted by atomic mass is 19.1. The Hall–Kier alpha value is -4.58. The summed E-state index contributed by atoms with van der Waals surface area (Å²) in [6.07, 6.45) is 1.31. The van der Waals surface area contributed by atoms with Gasteiger partial charge in [0.1, 0.15) is 23.8 Å². The van der Waals surface area contributed by atoms with Gasteiger partial charge in [0, 0.05) is 25.3 Å². The summed E-state index contributed by atoms with van der Waals surface area (Å²) in [7, 11) is 1.37. The van der Waals surface area contributed by atoms with Gasteiger partial charge in [0.2, 0.25) is 6.79 Å². The van der Waals surface area contributed by atoms with Gasteiger partial charge in [0.15, 0.2) is 17.2 Å². The molecule has 10 nitrogen and oxygen atoms in total. The molecule has 0 aliphatic carbocycles. The maximum Gasteiger partial charge on any atom is 0.329 e. The van der Waals surface area contributed by atoms with E-state index in [1.807, 2.05) is 30.3 Å². The first-order chi connectivity index (χ1) is 21.7. The molecule has 1 amide bonds. The highest BCUT2D eigenvalue weighted by molar-refractivity contribution is 5.98. The molecule has 1 fully saturated rings. The summed E-state index contributed by atoms with van der Waals surface area (Å²) in [5, 5.41) is 2.68. The number of hydrogen-bond acceptors (Lipinski definition) is 9. The molecule has 0 radical (unpaired) electrons. The molecule has 12 heteroatoms. The topological polar surface area (TPSA) is 122 Å². The van der Waals surface area contributed by atoms with E-state index in [0.29, 0.717) is 18.4 Å². The molecule has 0 spiro atoms. The third-order valence-corrected chi connectivity index (χ3v) is 7.44. The molecule has 4 unspecified atom stereocenters. The zero-order valence-corrected chi connectivity index (χ0v) is 25.3. The van der Waals surface area contributed by atoms with Gasteiger partial charge in [-0.15, -0.1) is 0 Å².